The molecule has 1 aliphatic rings. The number of carbonyl (C=O) groups excluding carboxylic acids is 1. The summed E-state index contributed by atoms with van der Waals surface area (Å²) in [6.45, 7) is 1.43. The smallest absolute Gasteiger partial charge is 0.243 e. The fraction of sp³-hybridized carbons (Fsp3) is 0.412. The van der Waals surface area contributed by atoms with Crippen LogP contribution in [0.4, 0.5) is 0 Å². The lowest BCUT2D eigenvalue weighted by Gasteiger charge is -2.24. The molecule has 0 aliphatic carbocycles. The molecule has 2 heterocycles. The van der Waals surface area contributed by atoms with Crippen LogP contribution in [-0.2, 0) is 14.8 Å². The molecule has 1 aliphatic heterocycles. The Bertz CT molecular complexity index is 911. The predicted molar refractivity (Wildman–Crippen MR) is 120 cm³/mol. The van der Waals surface area contributed by atoms with Gasteiger partial charge in [-0.05, 0) is 18.6 Å². The number of pyridine rings is 1. The third-order valence-corrected chi connectivity index (χ3v) is 6.55. The van der Waals surface area contributed by atoms with Gasteiger partial charge in [-0.25, -0.2) is 8.42 Å². The van der Waals surface area contributed by atoms with E-state index in [0.717, 1.165) is 5.39 Å². The molecule has 12 heteroatoms. The van der Waals surface area contributed by atoms with E-state index in [1.807, 2.05) is 6.07 Å². The van der Waals surface area contributed by atoms with Crippen molar-refractivity contribution in [1.82, 2.24) is 14.2 Å². The molecular weight excluding hydrogens is 461 g/mol. The molecule has 4 N–H and O–H groups in total. The standard InChI is InChI=1S/C17H23N5O3S.3ClH/c18-11-15(19)17(23)21-7-2-8-22(10-9-21)26(24,25)16-4-1-3-13-12-20-6-5-14(13)16;;;/h1,3-6,12,15H,2,7-11,18-19H2;3*1H/t15-;;;/m0.../s1. The fourth-order valence-electron chi connectivity index (χ4n) is 3.15. The highest BCUT2D eigenvalue weighted by molar-refractivity contribution is 7.89. The zero-order chi connectivity index (χ0) is 18.7. The summed E-state index contributed by atoms with van der Waals surface area (Å²) >= 11 is 0. The molecule has 0 radical (unpaired) electrons. The molecule has 1 aromatic heterocycles. The first kappa shape index (κ1) is 27.8. The average Bonchev–Trinajstić information content (AvgIpc) is 2.93. The second-order valence-corrected chi connectivity index (χ2v) is 8.18. The number of fused-ring (bicyclic) bond motifs is 1. The maximum absolute atomic E-state index is 13.2. The number of nitrogens with zero attached hydrogens (tertiary/aromatic N) is 3. The minimum absolute atomic E-state index is 0. The van der Waals surface area contributed by atoms with Crippen LogP contribution in [0.5, 0.6) is 0 Å². The molecule has 164 valence electrons. The van der Waals surface area contributed by atoms with E-state index >= 15 is 0 Å². The first-order valence-electron chi connectivity index (χ1n) is 8.52. The highest BCUT2D eigenvalue weighted by Crippen LogP contribution is 2.25. The van der Waals surface area contributed by atoms with E-state index in [4.69, 9.17) is 11.5 Å². The van der Waals surface area contributed by atoms with Gasteiger partial charge in [0.1, 0.15) is 0 Å². The van der Waals surface area contributed by atoms with Gasteiger partial charge in [0.25, 0.3) is 0 Å². The molecular formula is C17H26Cl3N5O3S. The molecule has 1 saturated heterocycles. The lowest BCUT2D eigenvalue weighted by atomic mass is 10.2. The molecule has 2 aromatic rings. The van der Waals surface area contributed by atoms with Gasteiger partial charge in [-0.2, -0.15) is 4.31 Å². The Morgan fingerprint density at radius 2 is 1.83 bits per heavy atom. The van der Waals surface area contributed by atoms with Gasteiger partial charge in [0.05, 0.1) is 10.9 Å². The highest BCUT2D eigenvalue weighted by Gasteiger charge is 2.30. The Labute approximate surface area is 189 Å². The molecule has 1 fully saturated rings. The number of benzene rings is 1. The molecule has 0 unspecified atom stereocenters. The average molecular weight is 487 g/mol. The Kier molecular flexibility index (Phi) is 11.4. The highest BCUT2D eigenvalue weighted by atomic mass is 35.5. The Balaban J connectivity index is 0.00000261. The summed E-state index contributed by atoms with van der Waals surface area (Å²) in [5, 5.41) is 1.42. The zero-order valence-corrected chi connectivity index (χ0v) is 18.9. The third-order valence-electron chi connectivity index (χ3n) is 4.60. The quantitative estimate of drug-likeness (QED) is 0.665. The Morgan fingerprint density at radius 1 is 1.10 bits per heavy atom. The summed E-state index contributed by atoms with van der Waals surface area (Å²) in [6.07, 6.45) is 3.78. The molecule has 1 aromatic carbocycles. The predicted octanol–water partition coefficient (Wildman–Crippen LogP) is 1.01. The van der Waals surface area contributed by atoms with Crippen molar-refractivity contribution in [2.75, 3.05) is 32.7 Å². The van der Waals surface area contributed by atoms with E-state index in [2.05, 4.69) is 4.98 Å². The van der Waals surface area contributed by atoms with Crippen LogP contribution >= 0.6 is 37.2 Å². The summed E-state index contributed by atoms with van der Waals surface area (Å²) in [6, 6.07) is 6.11. The molecule has 1 amide bonds. The van der Waals surface area contributed by atoms with Gasteiger partial charge in [0.15, 0.2) is 0 Å². The van der Waals surface area contributed by atoms with Gasteiger partial charge in [0, 0.05) is 55.9 Å². The summed E-state index contributed by atoms with van der Waals surface area (Å²) < 4.78 is 27.8. The number of amides is 1. The van der Waals surface area contributed by atoms with Crippen molar-refractivity contribution >= 4 is 63.9 Å². The van der Waals surface area contributed by atoms with Crippen molar-refractivity contribution in [3.05, 3.63) is 36.7 Å². The molecule has 0 spiro atoms. The van der Waals surface area contributed by atoms with Crippen LogP contribution in [0, 0.1) is 0 Å². The van der Waals surface area contributed by atoms with Crippen molar-refractivity contribution in [1.29, 1.82) is 0 Å². The van der Waals surface area contributed by atoms with Gasteiger partial charge in [0.2, 0.25) is 15.9 Å². The first-order valence-corrected chi connectivity index (χ1v) is 9.96. The van der Waals surface area contributed by atoms with E-state index in [1.54, 1.807) is 35.5 Å². The molecule has 3 rings (SSSR count). The van der Waals surface area contributed by atoms with E-state index < -0.39 is 16.1 Å². The summed E-state index contributed by atoms with van der Waals surface area (Å²) in [4.78, 5) is 18.1. The number of hydrogen-bond donors (Lipinski definition) is 2. The largest absolute Gasteiger partial charge is 0.340 e. The van der Waals surface area contributed by atoms with Crippen molar-refractivity contribution in [2.24, 2.45) is 11.5 Å². The van der Waals surface area contributed by atoms with E-state index in [1.165, 1.54) is 4.31 Å². The van der Waals surface area contributed by atoms with Gasteiger partial charge < -0.3 is 16.4 Å². The second kappa shape index (κ2) is 11.8. The van der Waals surface area contributed by atoms with E-state index in [-0.39, 0.29) is 61.1 Å². The monoisotopic (exact) mass is 485 g/mol. The normalized spacial score (nSPS) is 16.0. The van der Waals surface area contributed by atoms with Crippen molar-refractivity contribution in [2.45, 2.75) is 17.4 Å². The number of hydrogen-bond acceptors (Lipinski definition) is 6. The van der Waals surface area contributed by atoms with Gasteiger partial charge in [-0.15, -0.1) is 37.2 Å². The van der Waals surface area contributed by atoms with Gasteiger partial charge >= 0.3 is 0 Å². The lowest BCUT2D eigenvalue weighted by molar-refractivity contribution is -0.132. The van der Waals surface area contributed by atoms with Crippen LogP contribution in [-0.4, -0.2) is 67.3 Å². The lowest BCUT2D eigenvalue weighted by Crippen LogP contribution is -2.48. The van der Waals surface area contributed by atoms with E-state index in [9.17, 15) is 13.2 Å². The topological polar surface area (TPSA) is 123 Å². The number of rotatable bonds is 4. The number of nitrogens with two attached hydrogens (primary N) is 2. The van der Waals surface area contributed by atoms with Gasteiger partial charge in [-0.3, -0.25) is 9.78 Å². The second-order valence-electron chi connectivity index (χ2n) is 6.28. The zero-order valence-electron chi connectivity index (χ0n) is 15.6. The maximum atomic E-state index is 13.2. The number of sulfonamides is 1. The van der Waals surface area contributed by atoms with Crippen LogP contribution in [0.3, 0.4) is 0 Å². The van der Waals surface area contributed by atoms with Crippen LogP contribution in [0.25, 0.3) is 10.8 Å². The minimum atomic E-state index is -3.68. The van der Waals surface area contributed by atoms with Crippen molar-refractivity contribution < 1.29 is 13.2 Å². The summed E-state index contributed by atoms with van der Waals surface area (Å²) in [5.74, 6) is -0.233. The van der Waals surface area contributed by atoms with Crippen LogP contribution in [0.2, 0.25) is 0 Å². The SMILES string of the molecule is Cl.Cl.Cl.NC[C@H](N)C(=O)N1CCCN(S(=O)(=O)c2cccc3cnccc23)CC1. The van der Waals surface area contributed by atoms with E-state index in [0.29, 0.717) is 31.4 Å². The molecule has 1 atom stereocenters. The summed E-state index contributed by atoms with van der Waals surface area (Å²) in [7, 11) is -3.68. The summed E-state index contributed by atoms with van der Waals surface area (Å²) in [5.41, 5.74) is 11.2. The fourth-order valence-corrected chi connectivity index (χ4v) is 4.83. The van der Waals surface area contributed by atoms with Crippen molar-refractivity contribution in [3.63, 3.8) is 0 Å². The third kappa shape index (κ3) is 5.91. The Morgan fingerprint density at radius 3 is 2.52 bits per heavy atom. The number of carbonyl (C=O) groups is 1. The minimum Gasteiger partial charge on any atom is -0.340 e. The van der Waals surface area contributed by atoms with Crippen molar-refractivity contribution in [3.8, 4) is 0 Å². The van der Waals surface area contributed by atoms with Gasteiger partial charge in [-0.1, -0.05) is 12.1 Å². The molecule has 0 bridgehead atoms. The molecule has 0 saturated carbocycles. The maximum Gasteiger partial charge on any atom is 0.243 e. The van der Waals surface area contributed by atoms with Crippen LogP contribution in [0.15, 0.2) is 41.6 Å². The molecule has 29 heavy (non-hydrogen) atoms. The Hall–Kier alpha value is -1.20. The van der Waals surface area contributed by atoms with Crippen LogP contribution < -0.4 is 11.5 Å². The number of halogens is 3. The van der Waals surface area contributed by atoms with Crippen LogP contribution in [0.1, 0.15) is 6.42 Å². The molecule has 8 nitrogen and oxygen atoms in total. The number of aromatic nitrogens is 1. The first-order chi connectivity index (χ1) is 12.4.